The van der Waals surface area contributed by atoms with Crippen molar-refractivity contribution in [1.82, 2.24) is 14.9 Å². The van der Waals surface area contributed by atoms with Gasteiger partial charge in [0.1, 0.15) is 19.0 Å². The molecule has 0 spiro atoms. The number of likely N-dealkylation sites (N-methyl/N-ethyl adjacent to an activating group) is 1. The van der Waals surface area contributed by atoms with E-state index in [2.05, 4.69) is 20.2 Å². The van der Waals surface area contributed by atoms with Crippen LogP contribution >= 0.6 is 0 Å². The predicted molar refractivity (Wildman–Crippen MR) is 66.3 cm³/mol. The van der Waals surface area contributed by atoms with Gasteiger partial charge >= 0.3 is 0 Å². The summed E-state index contributed by atoms with van der Waals surface area (Å²) in [4.78, 5) is 10.6. The first kappa shape index (κ1) is 13.7. The number of nitrogens with one attached hydrogen (secondary N) is 1. The fourth-order valence-electron chi connectivity index (χ4n) is 1.20. The van der Waals surface area contributed by atoms with Crippen LogP contribution in [0.5, 0.6) is 5.88 Å². The molecule has 0 amide bonds. The number of aromatic nitrogens is 2. The van der Waals surface area contributed by atoms with E-state index in [0.717, 1.165) is 12.4 Å². The van der Waals surface area contributed by atoms with Crippen LogP contribution in [0.4, 0.5) is 5.82 Å². The monoisotopic (exact) mass is 240 g/mol. The van der Waals surface area contributed by atoms with E-state index >= 15 is 0 Å². The second-order valence-electron chi connectivity index (χ2n) is 3.84. The molecule has 0 bridgehead atoms. The Morgan fingerprint density at radius 1 is 1.35 bits per heavy atom. The highest BCUT2D eigenvalue weighted by Crippen LogP contribution is 2.13. The van der Waals surface area contributed by atoms with Crippen molar-refractivity contribution in [1.29, 1.82) is 0 Å². The van der Waals surface area contributed by atoms with Crippen LogP contribution in [-0.2, 0) is 11.3 Å². The van der Waals surface area contributed by atoms with Gasteiger partial charge in [-0.2, -0.15) is 4.98 Å². The Morgan fingerprint density at radius 2 is 2.12 bits per heavy atom. The summed E-state index contributed by atoms with van der Waals surface area (Å²) in [6.07, 6.45) is 0. The average Bonchev–Trinajstić information content (AvgIpc) is 2.28. The second-order valence-corrected chi connectivity index (χ2v) is 3.84. The number of ether oxygens (including phenoxy) is 2. The van der Waals surface area contributed by atoms with Crippen LogP contribution in [0.3, 0.4) is 0 Å². The molecule has 0 saturated heterocycles. The summed E-state index contributed by atoms with van der Waals surface area (Å²) in [6.45, 7) is 1.82. The van der Waals surface area contributed by atoms with Crippen molar-refractivity contribution in [2.75, 3.05) is 46.7 Å². The second kappa shape index (κ2) is 7.03. The summed E-state index contributed by atoms with van der Waals surface area (Å²) in [5, 5.41) is 2.97. The van der Waals surface area contributed by atoms with Crippen LogP contribution < -0.4 is 10.1 Å². The van der Waals surface area contributed by atoms with Crippen molar-refractivity contribution in [3.63, 3.8) is 0 Å². The van der Waals surface area contributed by atoms with Gasteiger partial charge in [0.25, 0.3) is 0 Å². The van der Waals surface area contributed by atoms with Crippen molar-refractivity contribution in [3.8, 4) is 5.88 Å². The van der Waals surface area contributed by atoms with Crippen LogP contribution in [0.25, 0.3) is 0 Å². The summed E-state index contributed by atoms with van der Waals surface area (Å²) in [5.74, 6) is 1.91. The number of anilines is 1. The SMILES string of the molecule is CNc1cc(OCCN(C)C)nc(COC)n1. The molecule has 1 rings (SSSR count). The molecule has 6 heteroatoms. The van der Waals surface area contributed by atoms with Gasteiger partial charge in [0.05, 0.1) is 0 Å². The van der Waals surface area contributed by atoms with Gasteiger partial charge in [-0.1, -0.05) is 0 Å². The van der Waals surface area contributed by atoms with E-state index in [1.165, 1.54) is 0 Å². The highest BCUT2D eigenvalue weighted by atomic mass is 16.5. The first-order valence-corrected chi connectivity index (χ1v) is 5.48. The first-order chi connectivity index (χ1) is 8.15. The molecule has 0 aliphatic carbocycles. The fourth-order valence-corrected chi connectivity index (χ4v) is 1.20. The zero-order valence-electron chi connectivity index (χ0n) is 10.9. The topological polar surface area (TPSA) is 59.5 Å². The summed E-state index contributed by atoms with van der Waals surface area (Å²) >= 11 is 0. The number of nitrogens with zero attached hydrogens (tertiary/aromatic N) is 3. The van der Waals surface area contributed by atoms with Gasteiger partial charge in [-0.05, 0) is 14.1 Å². The first-order valence-electron chi connectivity index (χ1n) is 5.48. The number of rotatable bonds is 7. The lowest BCUT2D eigenvalue weighted by Gasteiger charge is -2.11. The lowest BCUT2D eigenvalue weighted by atomic mass is 10.5. The van der Waals surface area contributed by atoms with E-state index in [-0.39, 0.29) is 0 Å². The van der Waals surface area contributed by atoms with Crippen LogP contribution in [-0.4, -0.2) is 56.3 Å². The molecule has 0 atom stereocenters. The molecule has 0 aliphatic rings. The van der Waals surface area contributed by atoms with E-state index in [0.29, 0.717) is 24.9 Å². The van der Waals surface area contributed by atoms with Gasteiger partial charge in [-0.3, -0.25) is 0 Å². The Hall–Kier alpha value is -1.40. The van der Waals surface area contributed by atoms with Crippen LogP contribution in [0, 0.1) is 0 Å². The average molecular weight is 240 g/mol. The van der Waals surface area contributed by atoms with Crippen molar-refractivity contribution in [2.45, 2.75) is 6.61 Å². The third-order valence-corrected chi connectivity index (χ3v) is 2.07. The van der Waals surface area contributed by atoms with Crippen molar-refractivity contribution in [3.05, 3.63) is 11.9 Å². The largest absolute Gasteiger partial charge is 0.476 e. The van der Waals surface area contributed by atoms with E-state index < -0.39 is 0 Å². The highest BCUT2D eigenvalue weighted by Gasteiger charge is 2.04. The molecule has 0 aromatic carbocycles. The minimum atomic E-state index is 0.375. The minimum absolute atomic E-state index is 0.375. The van der Waals surface area contributed by atoms with Gasteiger partial charge in [-0.15, -0.1) is 0 Å². The van der Waals surface area contributed by atoms with Gasteiger partial charge < -0.3 is 19.7 Å². The lowest BCUT2D eigenvalue weighted by molar-refractivity contribution is 0.176. The number of hydrogen-bond donors (Lipinski definition) is 1. The summed E-state index contributed by atoms with van der Waals surface area (Å²) in [7, 11) is 7.42. The van der Waals surface area contributed by atoms with E-state index in [9.17, 15) is 0 Å². The lowest BCUT2D eigenvalue weighted by Crippen LogP contribution is -2.20. The Morgan fingerprint density at radius 3 is 2.71 bits per heavy atom. The molecule has 0 radical (unpaired) electrons. The molecule has 0 saturated carbocycles. The van der Waals surface area contributed by atoms with Crippen LogP contribution in [0.15, 0.2) is 6.07 Å². The molecule has 1 aromatic heterocycles. The van der Waals surface area contributed by atoms with Crippen LogP contribution in [0.2, 0.25) is 0 Å². The molecule has 1 heterocycles. The molecule has 96 valence electrons. The maximum absolute atomic E-state index is 5.56. The van der Waals surface area contributed by atoms with Crippen molar-refractivity contribution >= 4 is 5.82 Å². The summed E-state index contributed by atoms with van der Waals surface area (Å²) < 4.78 is 10.6. The van der Waals surface area contributed by atoms with E-state index in [4.69, 9.17) is 9.47 Å². The third kappa shape index (κ3) is 4.97. The molecular formula is C11H20N4O2. The van der Waals surface area contributed by atoms with Gasteiger partial charge in [0, 0.05) is 26.8 Å². The molecule has 17 heavy (non-hydrogen) atoms. The normalized spacial score (nSPS) is 10.6. The van der Waals surface area contributed by atoms with Gasteiger partial charge in [0.15, 0.2) is 5.82 Å². The molecule has 1 N–H and O–H groups in total. The molecule has 0 aliphatic heterocycles. The standard InChI is InChI=1S/C11H20N4O2/c1-12-9-7-11(17-6-5-15(2)3)14-10(13-9)8-16-4/h7H,5-6,8H2,1-4H3,(H,12,13,14). The predicted octanol–water partition coefficient (Wildman–Crippen LogP) is 0.605. The van der Waals surface area contributed by atoms with Crippen molar-refractivity contribution < 1.29 is 9.47 Å². The third-order valence-electron chi connectivity index (χ3n) is 2.07. The van der Waals surface area contributed by atoms with Crippen molar-refractivity contribution in [2.24, 2.45) is 0 Å². The minimum Gasteiger partial charge on any atom is -0.476 e. The summed E-state index contributed by atoms with van der Waals surface area (Å²) in [5.41, 5.74) is 0. The zero-order valence-corrected chi connectivity index (χ0v) is 10.9. The maximum atomic E-state index is 5.56. The molecule has 0 fully saturated rings. The Balaban J connectivity index is 2.66. The Bertz CT molecular complexity index is 344. The highest BCUT2D eigenvalue weighted by molar-refractivity contribution is 5.37. The quantitative estimate of drug-likeness (QED) is 0.753. The van der Waals surface area contributed by atoms with Gasteiger partial charge in [0.2, 0.25) is 5.88 Å². The number of hydrogen-bond acceptors (Lipinski definition) is 6. The molecular weight excluding hydrogens is 220 g/mol. The molecule has 0 unspecified atom stereocenters. The Kier molecular flexibility index (Phi) is 5.65. The Labute approximate surface area is 102 Å². The van der Waals surface area contributed by atoms with Crippen LogP contribution in [0.1, 0.15) is 5.82 Å². The number of methoxy groups -OCH3 is 1. The zero-order chi connectivity index (χ0) is 12.7. The van der Waals surface area contributed by atoms with E-state index in [1.54, 1.807) is 13.2 Å². The fraction of sp³-hybridized carbons (Fsp3) is 0.636. The molecule has 6 nitrogen and oxygen atoms in total. The maximum Gasteiger partial charge on any atom is 0.218 e. The summed E-state index contributed by atoms with van der Waals surface area (Å²) in [6, 6.07) is 1.77. The van der Waals surface area contributed by atoms with E-state index in [1.807, 2.05) is 21.1 Å². The molecule has 1 aromatic rings. The smallest absolute Gasteiger partial charge is 0.218 e. The van der Waals surface area contributed by atoms with Gasteiger partial charge in [-0.25, -0.2) is 4.98 Å².